The highest BCUT2D eigenvalue weighted by atomic mass is 32.2. The first-order chi connectivity index (χ1) is 8.07. The van der Waals surface area contributed by atoms with Crippen molar-refractivity contribution in [3.8, 4) is 0 Å². The Kier molecular flexibility index (Phi) is 2.41. The zero-order chi connectivity index (χ0) is 12.0. The van der Waals surface area contributed by atoms with E-state index in [4.69, 9.17) is 5.73 Å². The van der Waals surface area contributed by atoms with Gasteiger partial charge in [0.25, 0.3) is 0 Å². The first-order valence-corrected chi connectivity index (χ1v) is 7.66. The van der Waals surface area contributed by atoms with E-state index in [0.717, 1.165) is 30.8 Å². The maximum atomic E-state index is 11.5. The molecule has 3 N–H and O–H groups in total. The molecule has 0 saturated carbocycles. The number of hydrogen-bond donors (Lipinski definition) is 2. The summed E-state index contributed by atoms with van der Waals surface area (Å²) in [7, 11) is -2.89. The van der Waals surface area contributed by atoms with E-state index in [1.54, 1.807) is 4.68 Å². The van der Waals surface area contributed by atoms with Crippen LogP contribution in [-0.2, 0) is 22.8 Å². The largest absolute Gasteiger partial charge is 0.384 e. The summed E-state index contributed by atoms with van der Waals surface area (Å²) in [6.45, 7) is 1.65. The Morgan fingerprint density at radius 2 is 2.29 bits per heavy atom. The Balaban J connectivity index is 1.96. The second-order valence-electron chi connectivity index (χ2n) is 4.74. The number of rotatable bonds is 1. The predicted molar refractivity (Wildman–Crippen MR) is 64.4 cm³/mol. The van der Waals surface area contributed by atoms with Crippen molar-refractivity contribution in [1.82, 2.24) is 15.1 Å². The van der Waals surface area contributed by atoms with E-state index in [1.807, 2.05) is 0 Å². The second-order valence-corrected chi connectivity index (χ2v) is 6.97. The molecule has 3 rings (SSSR count). The van der Waals surface area contributed by atoms with Crippen LogP contribution in [0, 0.1) is 0 Å². The summed E-state index contributed by atoms with van der Waals surface area (Å²) in [6.07, 6.45) is 1.49. The van der Waals surface area contributed by atoms with E-state index in [0.29, 0.717) is 12.2 Å². The van der Waals surface area contributed by atoms with Gasteiger partial charge in [-0.1, -0.05) is 0 Å². The molecule has 2 aliphatic heterocycles. The summed E-state index contributed by atoms with van der Waals surface area (Å²) in [6, 6.07) is -0.0781. The molecular weight excluding hydrogens is 240 g/mol. The molecule has 3 heterocycles. The molecule has 6 nitrogen and oxygen atoms in total. The maximum absolute atomic E-state index is 11.5. The van der Waals surface area contributed by atoms with Crippen LogP contribution >= 0.6 is 0 Å². The van der Waals surface area contributed by atoms with Crippen LogP contribution < -0.4 is 11.1 Å². The van der Waals surface area contributed by atoms with Crippen LogP contribution in [0.25, 0.3) is 0 Å². The Labute approximate surface area is 100 Å². The van der Waals surface area contributed by atoms with Crippen LogP contribution in [0.3, 0.4) is 0 Å². The van der Waals surface area contributed by atoms with Gasteiger partial charge in [-0.2, -0.15) is 5.10 Å². The van der Waals surface area contributed by atoms with Gasteiger partial charge in [-0.3, -0.25) is 0 Å². The molecule has 0 aromatic carbocycles. The molecule has 94 valence electrons. The first kappa shape index (κ1) is 11.0. The average molecular weight is 256 g/mol. The molecular formula is C10H16N4O2S. The van der Waals surface area contributed by atoms with Crippen molar-refractivity contribution in [3.05, 3.63) is 11.3 Å². The summed E-state index contributed by atoms with van der Waals surface area (Å²) < 4.78 is 24.7. The maximum Gasteiger partial charge on any atom is 0.152 e. The van der Waals surface area contributed by atoms with Crippen molar-refractivity contribution in [2.75, 3.05) is 23.8 Å². The lowest BCUT2D eigenvalue weighted by atomic mass is 10.1. The molecule has 0 spiro atoms. The van der Waals surface area contributed by atoms with Crippen LogP contribution in [-0.4, -0.2) is 36.2 Å². The van der Waals surface area contributed by atoms with E-state index in [-0.39, 0.29) is 17.5 Å². The summed E-state index contributed by atoms with van der Waals surface area (Å²) in [5.74, 6) is 1.06. The first-order valence-electron chi connectivity index (χ1n) is 5.84. The topological polar surface area (TPSA) is 90.0 Å². The van der Waals surface area contributed by atoms with Crippen molar-refractivity contribution in [3.63, 3.8) is 0 Å². The van der Waals surface area contributed by atoms with Gasteiger partial charge in [0.1, 0.15) is 5.82 Å². The predicted octanol–water partition coefficient (Wildman–Crippen LogP) is -0.529. The van der Waals surface area contributed by atoms with Gasteiger partial charge in [0, 0.05) is 25.1 Å². The minimum Gasteiger partial charge on any atom is -0.384 e. The molecule has 0 radical (unpaired) electrons. The number of anilines is 1. The summed E-state index contributed by atoms with van der Waals surface area (Å²) in [4.78, 5) is 0. The lowest BCUT2D eigenvalue weighted by Gasteiger charge is -2.12. The molecule has 0 amide bonds. The highest BCUT2D eigenvalue weighted by Gasteiger charge is 2.32. The molecule has 1 fully saturated rings. The van der Waals surface area contributed by atoms with Gasteiger partial charge in [-0.15, -0.1) is 0 Å². The molecule has 7 heteroatoms. The summed E-state index contributed by atoms with van der Waals surface area (Å²) in [5, 5.41) is 7.74. The number of nitrogens with one attached hydrogen (secondary N) is 1. The number of fused-ring (bicyclic) bond motifs is 1. The summed E-state index contributed by atoms with van der Waals surface area (Å²) >= 11 is 0. The highest BCUT2D eigenvalue weighted by Crippen LogP contribution is 2.29. The van der Waals surface area contributed by atoms with Gasteiger partial charge in [-0.25, -0.2) is 13.1 Å². The van der Waals surface area contributed by atoms with Crippen molar-refractivity contribution >= 4 is 15.7 Å². The van der Waals surface area contributed by atoms with Crippen molar-refractivity contribution < 1.29 is 8.42 Å². The fourth-order valence-electron chi connectivity index (χ4n) is 2.59. The third-order valence-electron chi connectivity index (χ3n) is 3.53. The molecule has 1 atom stereocenters. The number of sulfone groups is 1. The Bertz CT molecular complexity index is 549. The highest BCUT2D eigenvalue weighted by molar-refractivity contribution is 7.91. The SMILES string of the molecule is Nc1c2c(nn1C1CCS(=O)(=O)C1)CCNC2. The monoisotopic (exact) mass is 256 g/mol. The smallest absolute Gasteiger partial charge is 0.152 e. The average Bonchev–Trinajstić information content (AvgIpc) is 2.81. The summed E-state index contributed by atoms with van der Waals surface area (Å²) in [5.41, 5.74) is 8.12. The van der Waals surface area contributed by atoms with E-state index in [2.05, 4.69) is 10.4 Å². The fourth-order valence-corrected chi connectivity index (χ4v) is 4.28. The molecule has 0 bridgehead atoms. The Morgan fingerprint density at radius 3 is 2.94 bits per heavy atom. The van der Waals surface area contributed by atoms with E-state index >= 15 is 0 Å². The van der Waals surface area contributed by atoms with Crippen molar-refractivity contribution in [2.45, 2.75) is 25.4 Å². The number of nitrogen functional groups attached to an aromatic ring is 1. The molecule has 1 unspecified atom stereocenters. The van der Waals surface area contributed by atoms with Gasteiger partial charge < -0.3 is 11.1 Å². The zero-order valence-corrected chi connectivity index (χ0v) is 10.3. The van der Waals surface area contributed by atoms with Crippen LogP contribution in [0.2, 0.25) is 0 Å². The van der Waals surface area contributed by atoms with Crippen molar-refractivity contribution in [1.29, 1.82) is 0 Å². The number of aromatic nitrogens is 2. The molecule has 1 aromatic heterocycles. The van der Waals surface area contributed by atoms with Gasteiger partial charge in [-0.05, 0) is 6.42 Å². The minimum atomic E-state index is -2.89. The fraction of sp³-hybridized carbons (Fsp3) is 0.700. The molecule has 2 aliphatic rings. The second kappa shape index (κ2) is 3.71. The van der Waals surface area contributed by atoms with E-state index in [1.165, 1.54) is 0 Å². The van der Waals surface area contributed by atoms with Gasteiger partial charge in [0.05, 0.1) is 23.2 Å². The van der Waals surface area contributed by atoms with E-state index < -0.39 is 9.84 Å². The third kappa shape index (κ3) is 1.83. The van der Waals surface area contributed by atoms with Crippen LogP contribution in [0.15, 0.2) is 0 Å². The van der Waals surface area contributed by atoms with Gasteiger partial charge in [0.15, 0.2) is 9.84 Å². The van der Waals surface area contributed by atoms with Crippen LogP contribution in [0.4, 0.5) is 5.82 Å². The van der Waals surface area contributed by atoms with Crippen LogP contribution in [0.1, 0.15) is 23.7 Å². The lowest BCUT2D eigenvalue weighted by Crippen LogP contribution is -2.23. The minimum absolute atomic E-state index is 0.0781. The van der Waals surface area contributed by atoms with Crippen molar-refractivity contribution in [2.24, 2.45) is 0 Å². The quantitative estimate of drug-likeness (QED) is 0.705. The number of nitrogens with zero attached hydrogens (tertiary/aromatic N) is 2. The number of nitrogens with two attached hydrogens (primary N) is 1. The van der Waals surface area contributed by atoms with Gasteiger partial charge >= 0.3 is 0 Å². The van der Waals surface area contributed by atoms with Crippen LogP contribution in [0.5, 0.6) is 0 Å². The molecule has 0 aliphatic carbocycles. The third-order valence-corrected chi connectivity index (χ3v) is 5.28. The lowest BCUT2D eigenvalue weighted by molar-refractivity contribution is 0.501. The normalized spacial score (nSPS) is 26.9. The molecule has 1 saturated heterocycles. The Hall–Kier alpha value is -1.08. The molecule has 1 aromatic rings. The zero-order valence-electron chi connectivity index (χ0n) is 9.52. The van der Waals surface area contributed by atoms with E-state index in [9.17, 15) is 8.42 Å². The Morgan fingerprint density at radius 1 is 1.47 bits per heavy atom. The standard InChI is InChI=1S/C10H16N4O2S/c11-10-8-5-12-3-1-9(8)13-14(10)7-2-4-17(15,16)6-7/h7,12H,1-6,11H2. The number of hydrogen-bond acceptors (Lipinski definition) is 5. The molecule has 17 heavy (non-hydrogen) atoms. The van der Waals surface area contributed by atoms with Gasteiger partial charge in [0.2, 0.25) is 0 Å².